The van der Waals surface area contributed by atoms with Crippen molar-refractivity contribution >= 4 is 17.4 Å². The number of halogens is 1. The smallest absolute Gasteiger partial charge is 2.00 e. The molecule has 0 atom stereocenters. The molecule has 0 N–H and O–H groups in total. The van der Waals surface area contributed by atoms with Gasteiger partial charge in [0.15, 0.2) is 0 Å². The van der Waals surface area contributed by atoms with Crippen LogP contribution < -0.4 is 42.8 Å². The number of hydrogen-bond donors (Lipinski definition) is 0. The number of hydrogen-bond acceptors (Lipinski definition) is 0. The molecule has 0 aromatic heterocycles. The molecule has 0 unspecified atom stereocenters. The van der Waals surface area contributed by atoms with E-state index in [0.717, 1.165) is 0 Å². The Morgan fingerprint density at radius 1 is 1.00 bits per heavy atom. The van der Waals surface area contributed by atoms with Gasteiger partial charge in [0.1, 0.15) is 0 Å². The van der Waals surface area contributed by atoms with E-state index in [2.05, 4.69) is 0 Å². The molecule has 0 fully saturated rings. The van der Waals surface area contributed by atoms with Gasteiger partial charge in [-0.2, -0.15) is 0 Å². The predicted molar refractivity (Wildman–Crippen MR) is 6.44 cm³/mol. The van der Waals surface area contributed by atoms with E-state index in [1.54, 1.807) is 0 Å². The van der Waals surface area contributed by atoms with Crippen molar-refractivity contribution in [3.05, 3.63) is 0 Å². The van der Waals surface area contributed by atoms with Crippen LogP contribution in [-0.4, -0.2) is 17.4 Å². The molecule has 0 heterocycles. The molecule has 0 aliphatic rings. The van der Waals surface area contributed by atoms with Gasteiger partial charge < -0.3 is 29.5 Å². The molecular weight excluding hydrogens is 177 g/mol. The van der Waals surface area contributed by atoms with Gasteiger partial charge >= 0.3 is 36.2 Å². The first-order valence-corrected chi connectivity index (χ1v) is 0. The molecule has 1 nitrogen and oxygen atoms in total. The standard InChI is InChI=1S/Al.HI.Li.O/h;1H;;/q+3;;+1;-2/p-1. The third kappa shape index (κ3) is 9.17. The molecule has 0 spiro atoms. The van der Waals surface area contributed by atoms with E-state index in [9.17, 15) is 0 Å². The normalized spacial score (nSPS) is 0. The van der Waals surface area contributed by atoms with Crippen LogP contribution in [0.1, 0.15) is 0 Å². The summed E-state index contributed by atoms with van der Waals surface area (Å²) < 4.78 is 0. The van der Waals surface area contributed by atoms with Crippen molar-refractivity contribution in [3.63, 3.8) is 0 Å². The van der Waals surface area contributed by atoms with Crippen molar-refractivity contribution in [2.45, 2.75) is 0 Å². The van der Waals surface area contributed by atoms with E-state index in [1.807, 2.05) is 0 Å². The second-order valence-electron chi connectivity index (χ2n) is 0. The van der Waals surface area contributed by atoms with E-state index in [-0.39, 0.29) is 65.7 Å². The Bertz CT molecular complexity index is 8.00. The van der Waals surface area contributed by atoms with Gasteiger partial charge in [0, 0.05) is 0 Å². The van der Waals surface area contributed by atoms with E-state index in [1.165, 1.54) is 0 Å². The molecule has 0 rings (SSSR count). The molecule has 16 valence electrons. The first kappa shape index (κ1) is 40.8. The molecule has 0 saturated heterocycles. The van der Waals surface area contributed by atoms with Crippen molar-refractivity contribution < 1.29 is 48.3 Å². The fourth-order valence-electron chi connectivity index (χ4n) is 0. The van der Waals surface area contributed by atoms with Crippen LogP contribution in [0, 0.1) is 0 Å². The monoisotopic (exact) mass is 177 g/mol. The second-order valence-corrected chi connectivity index (χ2v) is 0. The van der Waals surface area contributed by atoms with Crippen LogP contribution in [0.15, 0.2) is 0 Å². The van der Waals surface area contributed by atoms with Crippen LogP contribution in [-0.2, 0) is 5.48 Å². The minimum Gasteiger partial charge on any atom is -2.00 e. The zero-order valence-corrected chi connectivity index (χ0v) is 5.68. The molecule has 4 heavy (non-hydrogen) atoms. The maximum atomic E-state index is 0. The average Bonchev–Trinajstić information content (AvgIpc) is 0. The van der Waals surface area contributed by atoms with Gasteiger partial charge in [-0.15, -0.1) is 0 Å². The SMILES string of the molecule is [Al+3].[I-].[Li+].[O-2]. The van der Waals surface area contributed by atoms with Crippen molar-refractivity contribution in [3.8, 4) is 0 Å². The topological polar surface area (TPSA) is 28.5 Å². The van der Waals surface area contributed by atoms with E-state index in [0.29, 0.717) is 0 Å². The summed E-state index contributed by atoms with van der Waals surface area (Å²) in [5, 5.41) is 0. The summed E-state index contributed by atoms with van der Waals surface area (Å²) in [5.74, 6) is 0. The van der Waals surface area contributed by atoms with Crippen molar-refractivity contribution in [2.75, 3.05) is 0 Å². The minimum absolute atomic E-state index is 0. The average molecular weight is 177 g/mol. The molecular formula is AlILiO+. The summed E-state index contributed by atoms with van der Waals surface area (Å²) in [4.78, 5) is 0. The fraction of sp³-hybridized carbons (Fsp3) is 0. The summed E-state index contributed by atoms with van der Waals surface area (Å²) in [6.07, 6.45) is 0. The Morgan fingerprint density at radius 2 is 1.00 bits per heavy atom. The summed E-state index contributed by atoms with van der Waals surface area (Å²) in [7, 11) is 0. The van der Waals surface area contributed by atoms with Gasteiger partial charge in [0.25, 0.3) is 0 Å². The summed E-state index contributed by atoms with van der Waals surface area (Å²) >= 11 is 0. The molecule has 0 aliphatic carbocycles. The summed E-state index contributed by atoms with van der Waals surface area (Å²) in [6.45, 7) is 0. The van der Waals surface area contributed by atoms with Gasteiger partial charge in [0.2, 0.25) is 0 Å². The predicted octanol–water partition coefficient (Wildman–Crippen LogP) is -6.49. The first-order chi connectivity index (χ1) is 0. The Kier molecular flexibility index (Phi) is 217. The van der Waals surface area contributed by atoms with Gasteiger partial charge in [-0.1, -0.05) is 0 Å². The molecule has 0 bridgehead atoms. The van der Waals surface area contributed by atoms with Crippen LogP contribution in [0.5, 0.6) is 0 Å². The Morgan fingerprint density at radius 3 is 1.00 bits per heavy atom. The third-order valence-corrected chi connectivity index (χ3v) is 0. The van der Waals surface area contributed by atoms with Crippen LogP contribution in [0.3, 0.4) is 0 Å². The van der Waals surface area contributed by atoms with E-state index in [4.69, 9.17) is 0 Å². The maximum Gasteiger partial charge on any atom is 3.00 e. The minimum atomic E-state index is 0. The third-order valence-electron chi connectivity index (χ3n) is 0. The van der Waals surface area contributed by atoms with Gasteiger partial charge in [0.05, 0.1) is 0 Å². The first-order valence-electron chi connectivity index (χ1n) is 0. The molecule has 4 heteroatoms. The van der Waals surface area contributed by atoms with Crippen LogP contribution >= 0.6 is 0 Å². The Hall–Kier alpha value is 1.82. The zero-order valence-electron chi connectivity index (χ0n) is 2.36. The Balaban J connectivity index is 0. The number of rotatable bonds is 0. The molecule has 0 aliphatic heterocycles. The van der Waals surface area contributed by atoms with Crippen molar-refractivity contribution in [2.24, 2.45) is 0 Å². The summed E-state index contributed by atoms with van der Waals surface area (Å²) in [5.41, 5.74) is 0. The molecule has 0 aromatic rings. The maximum absolute atomic E-state index is 0. The van der Waals surface area contributed by atoms with E-state index < -0.39 is 0 Å². The summed E-state index contributed by atoms with van der Waals surface area (Å²) in [6, 6.07) is 0. The second kappa shape index (κ2) is 21.2. The molecule has 0 radical (unpaired) electrons. The van der Waals surface area contributed by atoms with Gasteiger partial charge in [-0.3, -0.25) is 0 Å². The van der Waals surface area contributed by atoms with Crippen LogP contribution in [0.4, 0.5) is 0 Å². The fourth-order valence-corrected chi connectivity index (χ4v) is 0. The van der Waals surface area contributed by atoms with Crippen molar-refractivity contribution in [1.82, 2.24) is 0 Å². The van der Waals surface area contributed by atoms with Gasteiger partial charge in [-0.25, -0.2) is 0 Å². The van der Waals surface area contributed by atoms with E-state index >= 15 is 0 Å². The van der Waals surface area contributed by atoms with Crippen LogP contribution in [0.25, 0.3) is 0 Å². The van der Waals surface area contributed by atoms with Gasteiger partial charge in [-0.05, 0) is 0 Å². The molecule has 0 saturated carbocycles. The Labute approximate surface area is 65.2 Å². The molecule has 0 amide bonds. The quantitative estimate of drug-likeness (QED) is 0.260. The van der Waals surface area contributed by atoms with Crippen LogP contribution in [0.2, 0.25) is 0 Å². The van der Waals surface area contributed by atoms with Crippen molar-refractivity contribution in [1.29, 1.82) is 0 Å². The largest absolute Gasteiger partial charge is 3.00 e. The zero-order chi connectivity index (χ0) is 0. The molecule has 0 aromatic carbocycles.